The molecule has 126 valence electrons. The molecule has 6 nitrogen and oxygen atoms in total. The summed E-state index contributed by atoms with van der Waals surface area (Å²) in [5, 5.41) is 3.29. The van der Waals surface area contributed by atoms with Gasteiger partial charge >= 0.3 is 0 Å². The molecule has 2 heterocycles. The Morgan fingerprint density at radius 3 is 2.87 bits per heavy atom. The lowest BCUT2D eigenvalue weighted by Crippen LogP contribution is -2.37. The monoisotopic (exact) mass is 320 g/mol. The first-order valence-electron chi connectivity index (χ1n) is 8.25. The van der Waals surface area contributed by atoms with E-state index < -0.39 is 0 Å². The van der Waals surface area contributed by atoms with Crippen LogP contribution in [0.4, 0.5) is 0 Å². The Bertz CT molecular complexity index is 543. The smallest absolute Gasteiger partial charge is 0.248 e. The second kappa shape index (κ2) is 7.66. The van der Waals surface area contributed by atoms with Crippen LogP contribution >= 0.6 is 0 Å². The molecule has 0 aromatic heterocycles. The molecule has 0 atom stereocenters. The highest BCUT2D eigenvalue weighted by Gasteiger charge is 2.19. The van der Waals surface area contributed by atoms with E-state index in [1.807, 2.05) is 25.1 Å². The Balaban J connectivity index is 1.53. The lowest BCUT2D eigenvalue weighted by molar-refractivity contribution is -0.139. The maximum Gasteiger partial charge on any atom is 0.248 e. The first kappa shape index (κ1) is 16.1. The van der Waals surface area contributed by atoms with Gasteiger partial charge in [-0.05, 0) is 50.6 Å². The largest absolute Gasteiger partial charge is 0.454 e. The molecule has 1 amide bonds. The van der Waals surface area contributed by atoms with Crippen molar-refractivity contribution in [3.05, 3.63) is 23.8 Å². The van der Waals surface area contributed by atoms with Gasteiger partial charge in [0.2, 0.25) is 12.7 Å². The summed E-state index contributed by atoms with van der Waals surface area (Å²) in [6.45, 7) is 5.54. The van der Waals surface area contributed by atoms with Gasteiger partial charge in [-0.1, -0.05) is 6.07 Å². The summed E-state index contributed by atoms with van der Waals surface area (Å²) in [4.78, 5) is 14.2. The van der Waals surface area contributed by atoms with Crippen LogP contribution in [0.5, 0.6) is 11.5 Å². The molecule has 1 saturated heterocycles. The standard InChI is InChI=1S/C17H24N2O4/c1-2-19(17(20)11-21-14-5-7-18-8-6-14)10-13-3-4-15-16(9-13)23-12-22-15/h3-4,9,14,18H,2,5-8,10-12H2,1H3. The molecule has 23 heavy (non-hydrogen) atoms. The predicted octanol–water partition coefficient (Wildman–Crippen LogP) is 1.53. The van der Waals surface area contributed by atoms with Gasteiger partial charge in [-0.15, -0.1) is 0 Å². The van der Waals surface area contributed by atoms with Gasteiger partial charge in [-0.2, -0.15) is 0 Å². The first-order chi connectivity index (χ1) is 11.3. The number of nitrogens with zero attached hydrogens (tertiary/aromatic N) is 1. The SMILES string of the molecule is CCN(Cc1ccc2c(c1)OCO2)C(=O)COC1CCNCC1. The molecule has 1 aromatic rings. The molecule has 2 aliphatic rings. The fraction of sp³-hybridized carbons (Fsp3) is 0.588. The number of fused-ring (bicyclic) bond motifs is 1. The summed E-state index contributed by atoms with van der Waals surface area (Å²) in [7, 11) is 0. The van der Waals surface area contributed by atoms with Crippen LogP contribution in [0.25, 0.3) is 0 Å². The molecule has 1 N–H and O–H groups in total. The molecule has 0 radical (unpaired) electrons. The lowest BCUT2D eigenvalue weighted by Gasteiger charge is -2.25. The van der Waals surface area contributed by atoms with Crippen molar-refractivity contribution in [2.24, 2.45) is 0 Å². The van der Waals surface area contributed by atoms with Gasteiger partial charge in [0.25, 0.3) is 0 Å². The van der Waals surface area contributed by atoms with Crippen molar-refractivity contribution >= 4 is 5.91 Å². The van der Waals surface area contributed by atoms with Crippen LogP contribution in [0.1, 0.15) is 25.3 Å². The van der Waals surface area contributed by atoms with Crippen molar-refractivity contribution in [1.82, 2.24) is 10.2 Å². The molecular formula is C17H24N2O4. The lowest BCUT2D eigenvalue weighted by atomic mass is 10.1. The van der Waals surface area contributed by atoms with E-state index in [2.05, 4.69) is 5.32 Å². The summed E-state index contributed by atoms with van der Waals surface area (Å²) >= 11 is 0. The molecule has 0 saturated carbocycles. The zero-order chi connectivity index (χ0) is 16.1. The average Bonchev–Trinajstić information content (AvgIpc) is 3.06. The van der Waals surface area contributed by atoms with Crippen LogP contribution in [0, 0.1) is 0 Å². The molecule has 0 spiro atoms. The summed E-state index contributed by atoms with van der Waals surface area (Å²) in [5.74, 6) is 1.54. The summed E-state index contributed by atoms with van der Waals surface area (Å²) < 4.78 is 16.5. The fourth-order valence-corrected chi connectivity index (χ4v) is 2.88. The van der Waals surface area contributed by atoms with Gasteiger partial charge in [-0.25, -0.2) is 0 Å². The number of hydrogen-bond acceptors (Lipinski definition) is 5. The molecule has 6 heteroatoms. The second-order valence-corrected chi connectivity index (χ2v) is 5.86. The molecule has 0 bridgehead atoms. The Kier molecular flexibility index (Phi) is 5.35. The van der Waals surface area contributed by atoms with Crippen LogP contribution in [0.2, 0.25) is 0 Å². The topological polar surface area (TPSA) is 60.0 Å². The first-order valence-corrected chi connectivity index (χ1v) is 8.25. The summed E-state index contributed by atoms with van der Waals surface area (Å²) in [6.07, 6.45) is 2.15. The minimum absolute atomic E-state index is 0.0312. The number of carbonyl (C=O) groups is 1. The number of carbonyl (C=O) groups excluding carboxylic acids is 1. The van der Waals surface area contributed by atoms with E-state index in [-0.39, 0.29) is 25.4 Å². The number of nitrogens with one attached hydrogen (secondary N) is 1. The van der Waals surface area contributed by atoms with Gasteiger partial charge in [0.1, 0.15) is 6.61 Å². The zero-order valence-electron chi connectivity index (χ0n) is 13.5. The maximum absolute atomic E-state index is 12.4. The molecule has 1 aromatic carbocycles. The third kappa shape index (κ3) is 4.14. The van der Waals surface area contributed by atoms with Gasteiger partial charge in [0.05, 0.1) is 6.10 Å². The number of ether oxygens (including phenoxy) is 3. The minimum Gasteiger partial charge on any atom is -0.454 e. The molecular weight excluding hydrogens is 296 g/mol. The molecule has 0 unspecified atom stereocenters. The van der Waals surface area contributed by atoms with E-state index >= 15 is 0 Å². The Morgan fingerprint density at radius 1 is 1.30 bits per heavy atom. The highest BCUT2D eigenvalue weighted by atomic mass is 16.7. The molecule has 1 fully saturated rings. The maximum atomic E-state index is 12.4. The van der Waals surface area contributed by atoms with E-state index in [9.17, 15) is 4.79 Å². The van der Waals surface area contributed by atoms with E-state index in [1.54, 1.807) is 4.90 Å². The van der Waals surface area contributed by atoms with Crippen LogP contribution < -0.4 is 14.8 Å². The van der Waals surface area contributed by atoms with Gasteiger partial charge < -0.3 is 24.4 Å². The number of rotatable bonds is 6. The van der Waals surface area contributed by atoms with Crippen molar-refractivity contribution in [3.63, 3.8) is 0 Å². The number of hydrogen-bond donors (Lipinski definition) is 1. The third-order valence-corrected chi connectivity index (χ3v) is 4.27. The number of likely N-dealkylation sites (N-methyl/N-ethyl adjacent to an activating group) is 1. The van der Waals surface area contributed by atoms with E-state index in [0.29, 0.717) is 13.1 Å². The Morgan fingerprint density at radius 2 is 2.09 bits per heavy atom. The average molecular weight is 320 g/mol. The number of amides is 1. The van der Waals surface area contributed by atoms with Crippen molar-refractivity contribution in [2.45, 2.75) is 32.4 Å². The van der Waals surface area contributed by atoms with Crippen LogP contribution in [-0.2, 0) is 16.1 Å². The summed E-state index contributed by atoms with van der Waals surface area (Å²) in [6, 6.07) is 5.80. The van der Waals surface area contributed by atoms with Crippen molar-refractivity contribution < 1.29 is 19.0 Å². The quantitative estimate of drug-likeness (QED) is 0.861. The normalized spacial score (nSPS) is 17.3. The molecule has 2 aliphatic heterocycles. The Labute approximate surface area is 136 Å². The van der Waals surface area contributed by atoms with Gasteiger partial charge in [0.15, 0.2) is 11.5 Å². The molecule has 3 rings (SSSR count). The third-order valence-electron chi connectivity index (χ3n) is 4.27. The van der Waals surface area contributed by atoms with Crippen LogP contribution in [0.15, 0.2) is 18.2 Å². The van der Waals surface area contributed by atoms with Gasteiger partial charge in [-0.3, -0.25) is 4.79 Å². The fourth-order valence-electron chi connectivity index (χ4n) is 2.88. The van der Waals surface area contributed by atoms with Crippen LogP contribution in [0.3, 0.4) is 0 Å². The minimum atomic E-state index is 0.0312. The van der Waals surface area contributed by atoms with Crippen LogP contribution in [-0.4, -0.2) is 49.9 Å². The Hall–Kier alpha value is -1.79. The predicted molar refractivity (Wildman–Crippen MR) is 85.5 cm³/mol. The number of piperidine rings is 1. The van der Waals surface area contributed by atoms with Crippen molar-refractivity contribution in [1.29, 1.82) is 0 Å². The van der Waals surface area contributed by atoms with E-state index in [1.165, 1.54) is 0 Å². The van der Waals surface area contributed by atoms with E-state index in [4.69, 9.17) is 14.2 Å². The van der Waals surface area contributed by atoms with Gasteiger partial charge in [0, 0.05) is 13.1 Å². The van der Waals surface area contributed by atoms with E-state index in [0.717, 1.165) is 43.0 Å². The molecule has 0 aliphatic carbocycles. The zero-order valence-corrected chi connectivity index (χ0v) is 13.5. The highest BCUT2D eigenvalue weighted by Crippen LogP contribution is 2.32. The number of benzene rings is 1. The summed E-state index contributed by atoms with van der Waals surface area (Å²) in [5.41, 5.74) is 1.03. The highest BCUT2D eigenvalue weighted by molar-refractivity contribution is 5.77. The second-order valence-electron chi connectivity index (χ2n) is 5.86. The van der Waals surface area contributed by atoms with Crippen molar-refractivity contribution in [2.75, 3.05) is 33.0 Å². The van der Waals surface area contributed by atoms with Crippen molar-refractivity contribution in [3.8, 4) is 11.5 Å².